The first-order valence-electron chi connectivity index (χ1n) is 6.12. The number of nitrogens with two attached hydrogens (primary N) is 1. The Bertz CT molecular complexity index is 504. The van der Waals surface area contributed by atoms with Crippen molar-refractivity contribution in [3.63, 3.8) is 0 Å². The van der Waals surface area contributed by atoms with Gasteiger partial charge in [0.05, 0.1) is 5.48 Å². The lowest BCUT2D eigenvalue weighted by molar-refractivity contribution is -0.138. The molecule has 1 rings (SSSR count). The Morgan fingerprint density at radius 1 is 1.53 bits per heavy atom. The van der Waals surface area contributed by atoms with E-state index in [4.69, 9.17) is 16.3 Å². The van der Waals surface area contributed by atoms with E-state index in [1.807, 2.05) is 0 Å². The first-order valence-corrected chi connectivity index (χ1v) is 4.12. The molecule has 0 radical (unpaired) electrons. The number of carboxylic acids is 1. The van der Waals surface area contributed by atoms with Crippen molar-refractivity contribution in [1.29, 1.82) is 0 Å². The lowest BCUT2D eigenvalue weighted by Crippen LogP contribution is -2.30. The normalized spacial score (nSPS) is 18.2. The molecule has 5 nitrogen and oxygen atoms in total. The number of hydrogen-bond acceptors (Lipinski definition) is 4. The predicted molar refractivity (Wildman–Crippen MR) is 53.7 cm³/mol. The number of hydrogen-bond donors (Lipinski definition) is 4. The maximum Gasteiger partial charge on any atom is 0.320 e. The SMILES string of the molecule is [2H]c1c([2H])c(CC[C@]([2H])(N)C(=O)O)c([2H])c(O)c1O. The standard InChI is InChI=1S/C10H13NO4/c11-7(10(14)15)3-1-6-2-4-8(12)9(13)5-6/h2,4-5,7,12-13H,1,3,11H2,(H,14,15)/t7-/m0/s1/i2D,4D,5D,7D. The van der Waals surface area contributed by atoms with Crippen LogP contribution in [-0.4, -0.2) is 27.3 Å². The molecule has 0 aromatic heterocycles. The lowest BCUT2D eigenvalue weighted by atomic mass is 10.1. The zero-order valence-electron chi connectivity index (χ0n) is 11.7. The second-order valence-corrected chi connectivity index (χ2v) is 2.88. The third-order valence-corrected chi connectivity index (χ3v) is 1.74. The molecule has 5 heteroatoms. The monoisotopic (exact) mass is 215 g/mol. The van der Waals surface area contributed by atoms with Crippen LogP contribution in [-0.2, 0) is 11.2 Å². The maximum atomic E-state index is 10.7. The van der Waals surface area contributed by atoms with Gasteiger partial charge < -0.3 is 21.1 Å². The molecule has 82 valence electrons. The van der Waals surface area contributed by atoms with Crippen LogP contribution in [0.3, 0.4) is 0 Å². The molecule has 0 saturated heterocycles. The van der Waals surface area contributed by atoms with Gasteiger partial charge in [-0.3, -0.25) is 4.79 Å². The fraction of sp³-hybridized carbons (Fsp3) is 0.300. The number of rotatable bonds is 4. The summed E-state index contributed by atoms with van der Waals surface area (Å²) in [7, 11) is 0. The highest BCUT2D eigenvalue weighted by atomic mass is 16.4. The van der Waals surface area contributed by atoms with Crippen molar-refractivity contribution in [1.82, 2.24) is 0 Å². The molecule has 0 spiro atoms. The van der Waals surface area contributed by atoms with Gasteiger partial charge in [-0.05, 0) is 30.5 Å². The summed E-state index contributed by atoms with van der Waals surface area (Å²) in [6.45, 7) is 0. The summed E-state index contributed by atoms with van der Waals surface area (Å²) in [5, 5.41) is 27.3. The van der Waals surface area contributed by atoms with Crippen LogP contribution in [0.25, 0.3) is 0 Å². The quantitative estimate of drug-likeness (QED) is 0.546. The smallest absolute Gasteiger partial charge is 0.320 e. The van der Waals surface area contributed by atoms with Gasteiger partial charge in [0.15, 0.2) is 11.5 Å². The molecule has 1 atom stereocenters. The van der Waals surface area contributed by atoms with Gasteiger partial charge in [-0.15, -0.1) is 0 Å². The van der Waals surface area contributed by atoms with Crippen molar-refractivity contribution >= 4 is 5.97 Å². The average Bonchev–Trinajstić information content (AvgIpc) is 2.33. The number of benzene rings is 1. The van der Waals surface area contributed by atoms with Crippen molar-refractivity contribution in [3.8, 4) is 11.5 Å². The van der Waals surface area contributed by atoms with Crippen LogP contribution in [0.15, 0.2) is 18.1 Å². The molecule has 1 aromatic carbocycles. The largest absolute Gasteiger partial charge is 0.504 e. The summed E-state index contributed by atoms with van der Waals surface area (Å²) in [5.74, 6) is -3.28. The van der Waals surface area contributed by atoms with E-state index in [9.17, 15) is 15.0 Å². The van der Waals surface area contributed by atoms with Crippen molar-refractivity contribution < 1.29 is 25.6 Å². The highest BCUT2D eigenvalue weighted by molar-refractivity contribution is 5.73. The Morgan fingerprint density at radius 3 is 2.80 bits per heavy atom. The van der Waals surface area contributed by atoms with Gasteiger partial charge in [0, 0.05) is 0 Å². The minimum atomic E-state index is -2.28. The van der Waals surface area contributed by atoms with Crippen LogP contribution in [0.1, 0.15) is 17.5 Å². The number of phenols is 2. The van der Waals surface area contributed by atoms with Gasteiger partial charge in [0.2, 0.25) is 0 Å². The predicted octanol–water partition coefficient (Wildman–Crippen LogP) is 0.442. The zero-order valence-corrected chi connectivity index (χ0v) is 7.74. The molecule has 15 heavy (non-hydrogen) atoms. The molecular formula is C10H13NO4. The van der Waals surface area contributed by atoms with E-state index >= 15 is 0 Å². The van der Waals surface area contributed by atoms with Crippen molar-refractivity contribution in [2.24, 2.45) is 5.73 Å². The minimum Gasteiger partial charge on any atom is -0.504 e. The Hall–Kier alpha value is -1.75. The summed E-state index contributed by atoms with van der Waals surface area (Å²) < 4.78 is 29.8. The van der Waals surface area contributed by atoms with Crippen molar-refractivity contribution in [2.75, 3.05) is 0 Å². The van der Waals surface area contributed by atoms with E-state index in [2.05, 4.69) is 0 Å². The summed E-state index contributed by atoms with van der Waals surface area (Å²) in [6, 6.07) is -4.01. The molecule has 0 saturated carbocycles. The fourth-order valence-corrected chi connectivity index (χ4v) is 0.919. The molecule has 0 aliphatic heterocycles. The van der Waals surface area contributed by atoms with Crippen molar-refractivity contribution in [2.45, 2.75) is 18.9 Å². The molecule has 0 aliphatic rings. The molecule has 0 unspecified atom stereocenters. The van der Waals surface area contributed by atoms with E-state index in [0.29, 0.717) is 0 Å². The Morgan fingerprint density at radius 2 is 2.20 bits per heavy atom. The van der Waals surface area contributed by atoms with E-state index < -0.39 is 48.0 Å². The molecule has 0 aliphatic carbocycles. The Kier molecular flexibility index (Phi) is 2.07. The number of aromatic hydroxyl groups is 2. The average molecular weight is 215 g/mol. The molecule has 0 bridgehead atoms. The zero-order chi connectivity index (χ0) is 15.0. The molecule has 0 fully saturated rings. The molecule has 0 heterocycles. The first kappa shape index (κ1) is 6.68. The van der Waals surface area contributed by atoms with E-state index in [-0.39, 0.29) is 12.0 Å². The van der Waals surface area contributed by atoms with Crippen LogP contribution in [0.4, 0.5) is 0 Å². The molecule has 5 N–H and O–H groups in total. The number of phenolic OH excluding ortho intramolecular Hbond substituents is 2. The highest BCUT2D eigenvalue weighted by Crippen LogP contribution is 2.25. The summed E-state index contributed by atoms with van der Waals surface area (Å²) in [6.07, 6.45) is -0.645. The number of carboxylic acid groups (broad SMARTS) is 1. The minimum absolute atomic E-state index is 0.136. The topological polar surface area (TPSA) is 104 Å². The van der Waals surface area contributed by atoms with Gasteiger partial charge in [0.1, 0.15) is 6.02 Å². The van der Waals surface area contributed by atoms with Crippen LogP contribution in [0.5, 0.6) is 11.5 Å². The number of aliphatic carboxylic acids is 1. The van der Waals surface area contributed by atoms with E-state index in [0.717, 1.165) is 0 Å². The van der Waals surface area contributed by atoms with Gasteiger partial charge in [0.25, 0.3) is 0 Å². The second kappa shape index (κ2) is 4.65. The fourth-order valence-electron chi connectivity index (χ4n) is 0.919. The summed E-state index contributed by atoms with van der Waals surface area (Å²) >= 11 is 0. The summed E-state index contributed by atoms with van der Waals surface area (Å²) in [4.78, 5) is 10.7. The van der Waals surface area contributed by atoms with Crippen LogP contribution in [0, 0.1) is 0 Å². The van der Waals surface area contributed by atoms with Gasteiger partial charge in [-0.2, -0.15) is 0 Å². The van der Waals surface area contributed by atoms with Crippen molar-refractivity contribution in [3.05, 3.63) is 23.7 Å². The number of carbonyl (C=O) groups is 1. The van der Waals surface area contributed by atoms with E-state index in [1.54, 1.807) is 0 Å². The van der Waals surface area contributed by atoms with Crippen LogP contribution >= 0.6 is 0 Å². The molecular weight excluding hydrogens is 198 g/mol. The Balaban J connectivity index is 3.13. The molecule has 0 amide bonds. The Labute approximate surface area is 92.4 Å². The second-order valence-electron chi connectivity index (χ2n) is 2.88. The van der Waals surface area contributed by atoms with Crippen LogP contribution in [0.2, 0.25) is 0 Å². The third-order valence-electron chi connectivity index (χ3n) is 1.74. The summed E-state index contributed by atoms with van der Waals surface area (Å²) in [5.41, 5.74) is 5.06. The van der Waals surface area contributed by atoms with Gasteiger partial charge >= 0.3 is 5.97 Å². The van der Waals surface area contributed by atoms with Gasteiger partial charge in [-0.25, -0.2) is 0 Å². The maximum absolute atomic E-state index is 10.7. The molecule has 1 aromatic rings. The third kappa shape index (κ3) is 3.14. The van der Waals surface area contributed by atoms with E-state index in [1.165, 1.54) is 0 Å². The van der Waals surface area contributed by atoms with Crippen LogP contribution < -0.4 is 5.73 Å². The first-order chi connectivity index (χ1) is 8.59. The lowest BCUT2D eigenvalue weighted by Gasteiger charge is -2.06. The van der Waals surface area contributed by atoms with Gasteiger partial charge in [-0.1, -0.05) is 6.04 Å². The highest BCUT2D eigenvalue weighted by Gasteiger charge is 2.11.